The first-order chi connectivity index (χ1) is 18.2. The molecule has 1 aromatic rings. The number of nitrogens with zero attached hydrogens (tertiary/aromatic N) is 1. The fourth-order valence-electron chi connectivity index (χ4n) is 5.61. The molecule has 2 aliphatic heterocycles. The van der Waals surface area contributed by atoms with E-state index in [1.807, 2.05) is 58.0 Å². The smallest absolute Gasteiger partial charge is 0.223 e. The van der Waals surface area contributed by atoms with Crippen LogP contribution >= 0.6 is 0 Å². The highest BCUT2D eigenvalue weighted by Crippen LogP contribution is 2.44. The number of hydrogen-bond acceptors (Lipinski definition) is 6. The number of epoxide rings is 1. The highest BCUT2D eigenvalue weighted by Gasteiger charge is 2.52. The molecule has 1 amide bonds. The summed E-state index contributed by atoms with van der Waals surface area (Å²) in [4.78, 5) is 31.4. The van der Waals surface area contributed by atoms with E-state index in [0.717, 1.165) is 36.1 Å². The first-order valence-corrected chi connectivity index (χ1v) is 14.3. The number of aromatic nitrogens is 1. The van der Waals surface area contributed by atoms with E-state index in [-0.39, 0.29) is 41.8 Å². The molecule has 39 heavy (non-hydrogen) atoms. The molecule has 0 bridgehead atoms. The SMILES string of the molecule is CC(C)=CCC1C(=O)C(C)(C)C(O)CC(=O)NC(C(C)=Cc2ccccn2)CC2OC2(C)CCCC(C)C1O. The minimum absolute atomic E-state index is 0.00336. The summed E-state index contributed by atoms with van der Waals surface area (Å²) in [6.45, 7) is 13.3. The van der Waals surface area contributed by atoms with Gasteiger partial charge in [-0.05, 0) is 76.7 Å². The number of fused-ring (bicyclic) bond motifs is 1. The Hall–Kier alpha value is -2.35. The lowest BCUT2D eigenvalue weighted by Gasteiger charge is -2.36. The van der Waals surface area contributed by atoms with Gasteiger partial charge in [-0.3, -0.25) is 14.6 Å². The second kappa shape index (κ2) is 12.9. The van der Waals surface area contributed by atoms with Gasteiger partial charge in [0.1, 0.15) is 5.78 Å². The van der Waals surface area contributed by atoms with Crippen LogP contribution in [0, 0.1) is 17.3 Å². The van der Waals surface area contributed by atoms with Gasteiger partial charge in [-0.1, -0.05) is 44.9 Å². The maximum Gasteiger partial charge on any atom is 0.223 e. The number of allylic oxidation sites excluding steroid dienone is 2. The van der Waals surface area contributed by atoms with E-state index in [0.29, 0.717) is 12.8 Å². The Kier molecular flexibility index (Phi) is 10.3. The highest BCUT2D eigenvalue weighted by molar-refractivity contribution is 5.88. The lowest BCUT2D eigenvalue weighted by atomic mass is 9.71. The van der Waals surface area contributed by atoms with Crippen molar-refractivity contribution in [2.45, 2.75) is 117 Å². The monoisotopic (exact) mass is 540 g/mol. The van der Waals surface area contributed by atoms with Crippen LogP contribution in [0.5, 0.6) is 0 Å². The summed E-state index contributed by atoms with van der Waals surface area (Å²) in [5, 5.41) is 25.6. The summed E-state index contributed by atoms with van der Waals surface area (Å²) >= 11 is 0. The van der Waals surface area contributed by atoms with Crippen molar-refractivity contribution >= 4 is 17.8 Å². The third kappa shape index (κ3) is 8.09. The average molecular weight is 541 g/mol. The van der Waals surface area contributed by atoms with Crippen molar-refractivity contribution in [3.63, 3.8) is 0 Å². The predicted molar refractivity (Wildman–Crippen MR) is 154 cm³/mol. The predicted octanol–water partition coefficient (Wildman–Crippen LogP) is 5.02. The van der Waals surface area contributed by atoms with Crippen LogP contribution in [0.1, 0.15) is 92.7 Å². The number of amides is 1. The number of carbonyl (C=O) groups is 2. The molecule has 2 aliphatic rings. The van der Waals surface area contributed by atoms with Gasteiger partial charge in [-0.25, -0.2) is 0 Å². The van der Waals surface area contributed by atoms with Crippen molar-refractivity contribution in [3.05, 3.63) is 47.3 Å². The van der Waals surface area contributed by atoms with Crippen LogP contribution < -0.4 is 5.32 Å². The van der Waals surface area contributed by atoms with E-state index in [4.69, 9.17) is 4.74 Å². The second-order valence-corrected chi connectivity index (χ2v) is 12.7. The van der Waals surface area contributed by atoms with Gasteiger partial charge in [0.15, 0.2) is 0 Å². The molecule has 1 aromatic heterocycles. The van der Waals surface area contributed by atoms with Crippen molar-refractivity contribution in [3.8, 4) is 0 Å². The molecule has 2 saturated heterocycles. The summed E-state index contributed by atoms with van der Waals surface area (Å²) in [6.07, 6.45) is 6.90. The maximum atomic E-state index is 13.8. The summed E-state index contributed by atoms with van der Waals surface area (Å²) in [5.74, 6) is -1.29. The van der Waals surface area contributed by atoms with Gasteiger partial charge in [-0.15, -0.1) is 0 Å². The Morgan fingerprint density at radius 3 is 2.54 bits per heavy atom. The number of carbonyl (C=O) groups excluding carboxylic acids is 2. The Labute approximate surface area is 234 Å². The average Bonchev–Trinajstić information content (AvgIpc) is 3.51. The fourth-order valence-corrected chi connectivity index (χ4v) is 5.61. The van der Waals surface area contributed by atoms with Gasteiger partial charge in [-0.2, -0.15) is 0 Å². The van der Waals surface area contributed by atoms with Crippen molar-refractivity contribution in [1.29, 1.82) is 0 Å². The van der Waals surface area contributed by atoms with Gasteiger partial charge in [0, 0.05) is 18.5 Å². The van der Waals surface area contributed by atoms with Crippen molar-refractivity contribution in [2.24, 2.45) is 17.3 Å². The Morgan fingerprint density at radius 2 is 1.90 bits per heavy atom. The van der Waals surface area contributed by atoms with Crippen LogP contribution in [0.25, 0.3) is 6.08 Å². The summed E-state index contributed by atoms with van der Waals surface area (Å²) in [5.41, 5.74) is 1.33. The third-order valence-electron chi connectivity index (χ3n) is 8.72. The summed E-state index contributed by atoms with van der Waals surface area (Å²) in [6, 6.07) is 5.40. The summed E-state index contributed by atoms with van der Waals surface area (Å²) < 4.78 is 6.15. The zero-order valence-electron chi connectivity index (χ0n) is 24.7. The second-order valence-electron chi connectivity index (χ2n) is 12.7. The number of aliphatic hydroxyl groups excluding tert-OH is 2. The molecule has 0 aliphatic carbocycles. The number of Topliss-reactive ketones (excluding diaryl/α,β-unsaturated/α-hetero) is 1. The molecule has 216 valence electrons. The molecule has 7 unspecified atom stereocenters. The quantitative estimate of drug-likeness (QED) is 0.365. The molecule has 3 N–H and O–H groups in total. The van der Waals surface area contributed by atoms with E-state index in [2.05, 4.69) is 17.2 Å². The van der Waals surface area contributed by atoms with E-state index >= 15 is 0 Å². The van der Waals surface area contributed by atoms with E-state index < -0.39 is 23.5 Å². The molecule has 0 aromatic carbocycles. The minimum Gasteiger partial charge on any atom is -0.392 e. The number of pyridine rings is 1. The number of ether oxygens (including phenoxy) is 1. The Balaban J connectivity index is 1.90. The summed E-state index contributed by atoms with van der Waals surface area (Å²) in [7, 11) is 0. The molecular weight excluding hydrogens is 492 g/mol. The third-order valence-corrected chi connectivity index (χ3v) is 8.72. The zero-order valence-corrected chi connectivity index (χ0v) is 24.7. The van der Waals surface area contributed by atoms with Gasteiger partial charge >= 0.3 is 0 Å². The van der Waals surface area contributed by atoms with Gasteiger partial charge in [0.2, 0.25) is 5.91 Å². The van der Waals surface area contributed by atoms with Crippen LogP contribution in [0.15, 0.2) is 41.6 Å². The molecule has 7 nitrogen and oxygen atoms in total. The Morgan fingerprint density at radius 1 is 1.18 bits per heavy atom. The van der Waals surface area contributed by atoms with Crippen molar-refractivity contribution in [2.75, 3.05) is 0 Å². The van der Waals surface area contributed by atoms with E-state index in [1.165, 1.54) is 0 Å². The molecule has 0 saturated carbocycles. The fraction of sp³-hybridized carbons (Fsp3) is 0.656. The first-order valence-electron chi connectivity index (χ1n) is 14.3. The molecular formula is C32H48N2O5. The molecule has 0 spiro atoms. The normalized spacial score (nSPS) is 34.5. The van der Waals surface area contributed by atoms with Crippen molar-refractivity contribution < 1.29 is 24.5 Å². The van der Waals surface area contributed by atoms with Crippen LogP contribution in [0.2, 0.25) is 0 Å². The van der Waals surface area contributed by atoms with Crippen molar-refractivity contribution in [1.82, 2.24) is 10.3 Å². The maximum absolute atomic E-state index is 13.8. The van der Waals surface area contributed by atoms with Crippen LogP contribution in [-0.4, -0.2) is 56.8 Å². The van der Waals surface area contributed by atoms with Crippen LogP contribution in [0.4, 0.5) is 0 Å². The largest absolute Gasteiger partial charge is 0.392 e. The minimum atomic E-state index is -1.21. The van der Waals surface area contributed by atoms with E-state index in [1.54, 1.807) is 20.0 Å². The van der Waals surface area contributed by atoms with Crippen LogP contribution in [-0.2, 0) is 14.3 Å². The lowest BCUT2D eigenvalue weighted by molar-refractivity contribution is -0.143. The first kappa shape index (κ1) is 31.2. The highest BCUT2D eigenvalue weighted by atomic mass is 16.6. The number of hydrogen-bond donors (Lipinski definition) is 3. The molecule has 0 radical (unpaired) electrons. The standard InChI is InChI=1S/C32H48N2O5/c1-20(2)13-14-24-29(37)21(3)11-10-15-32(7)27(39-32)18-25(22(4)17-23-12-8-9-16-33-23)34-28(36)19-26(35)31(5,6)30(24)38/h8-9,12-13,16-17,21,24-27,29,35,37H,10-11,14-15,18-19H2,1-7H3,(H,34,36). The molecule has 2 fully saturated rings. The number of ketones is 1. The number of aliphatic hydroxyl groups is 2. The Bertz CT molecular complexity index is 1060. The van der Waals surface area contributed by atoms with Gasteiger partial charge in [0.05, 0.1) is 47.5 Å². The van der Waals surface area contributed by atoms with Gasteiger partial charge < -0.3 is 20.3 Å². The number of nitrogens with one attached hydrogen (secondary N) is 1. The molecule has 3 heterocycles. The van der Waals surface area contributed by atoms with Crippen LogP contribution in [0.3, 0.4) is 0 Å². The van der Waals surface area contributed by atoms with Gasteiger partial charge in [0.25, 0.3) is 0 Å². The number of rotatable bonds is 4. The lowest BCUT2D eigenvalue weighted by Crippen LogP contribution is -2.48. The molecule has 3 rings (SSSR count). The van der Waals surface area contributed by atoms with E-state index in [9.17, 15) is 19.8 Å². The molecule has 7 atom stereocenters. The topological polar surface area (TPSA) is 112 Å². The molecule has 7 heteroatoms. The zero-order chi connectivity index (χ0) is 29.0.